The molecule has 1 fully saturated rings. The first-order chi connectivity index (χ1) is 58.6. The molecule has 0 bridgehead atoms. The number of carbonyl (C=O) groups is 7. The minimum absolute atomic E-state index is 0.0274. The molecule has 1 heterocycles. The van der Waals surface area contributed by atoms with Crippen molar-refractivity contribution in [2.24, 2.45) is 5.41 Å². The number of benzene rings is 10. The summed E-state index contributed by atoms with van der Waals surface area (Å²) < 4.78 is 121. The van der Waals surface area contributed by atoms with E-state index < -0.39 is 96.3 Å². The Morgan fingerprint density at radius 2 is 1.06 bits per heavy atom. The molecular weight excluding hydrogens is 1660 g/mol. The van der Waals surface area contributed by atoms with Crippen LogP contribution in [0.3, 0.4) is 0 Å². The van der Waals surface area contributed by atoms with Gasteiger partial charge in [-0.2, -0.15) is 0 Å². The van der Waals surface area contributed by atoms with Gasteiger partial charge in [-0.3, -0.25) is 43.0 Å². The zero-order chi connectivity index (χ0) is 88.9. The fourth-order valence-corrected chi connectivity index (χ4v) is 13.8. The predicted molar refractivity (Wildman–Crippen MR) is 467 cm³/mol. The van der Waals surface area contributed by atoms with Gasteiger partial charge in [0, 0.05) is 52.3 Å². The number of sulfonamides is 2. The molecule has 5 atom stereocenters. The highest BCUT2D eigenvalue weighted by molar-refractivity contribution is 7.92. The number of nitrogens with one attached hydrogen (secondary N) is 7. The summed E-state index contributed by atoms with van der Waals surface area (Å²) in [5.41, 5.74) is 5.07. The second-order valence-electron chi connectivity index (χ2n) is 28.2. The van der Waals surface area contributed by atoms with Gasteiger partial charge < -0.3 is 73.1 Å². The van der Waals surface area contributed by atoms with Gasteiger partial charge in [-0.05, 0) is 216 Å². The van der Waals surface area contributed by atoms with E-state index in [1.165, 1.54) is 82.0 Å². The summed E-state index contributed by atoms with van der Waals surface area (Å²) in [4.78, 5) is 98.0. The number of hydrogen-bond donors (Lipinski definition) is 7. The Kier molecular flexibility index (Phi) is 31.1. The quantitative estimate of drug-likeness (QED) is 0.0143. The number of fused-ring (bicyclic) bond motifs is 1. The number of ketones is 2. The maximum atomic E-state index is 14.1. The van der Waals surface area contributed by atoms with Crippen molar-refractivity contribution in [3.63, 3.8) is 0 Å². The SMILES string of the molecule is CCNC(=O)c1ccc(Cl)c(NC(=O)C(Oc2cccc(NC(=O)C(CC)Oc3ccc(C)cc3C)c2)C(=O)c2ccc(OC)c(NS(C)(=O)=O)c2)c1.COc1ccc(OC)c(NC(=O)C(Oc2ccc(C)cc2)C(=O)C2(C)CC2)c1.COc1ccc(OS(=O)c2ccc(OC(C(=O)Nc3ccc(NS(C)(=O)=O)cc3)c3nc4ccccc4o3)cc2)cc1. The number of rotatable bonds is 35. The van der Waals surface area contributed by atoms with Crippen molar-refractivity contribution < 1.29 is 101 Å². The number of methoxy groups -OCH3 is 4. The van der Waals surface area contributed by atoms with Gasteiger partial charge in [0.25, 0.3) is 35.6 Å². The zero-order valence-corrected chi connectivity index (χ0v) is 72.2. The van der Waals surface area contributed by atoms with Gasteiger partial charge in [-0.15, -0.1) is 0 Å². The van der Waals surface area contributed by atoms with Gasteiger partial charge in [0.2, 0.25) is 55.0 Å². The Labute approximate surface area is 718 Å². The number of aryl methyl sites for hydroxylation is 3. The van der Waals surface area contributed by atoms with Gasteiger partial charge in [0.15, 0.2) is 17.5 Å². The highest BCUT2D eigenvalue weighted by Gasteiger charge is 2.51. The first-order valence-corrected chi connectivity index (χ1v) is 43.3. The van der Waals surface area contributed by atoms with E-state index in [1.807, 2.05) is 65.0 Å². The first kappa shape index (κ1) is 91.8. The van der Waals surface area contributed by atoms with Crippen LogP contribution in [0.15, 0.2) is 228 Å². The van der Waals surface area contributed by atoms with Crippen LogP contribution in [0.5, 0.6) is 51.7 Å². The van der Waals surface area contributed by atoms with E-state index in [0.29, 0.717) is 86.2 Å². The number of halogens is 1. The lowest BCUT2D eigenvalue weighted by Gasteiger charge is -2.21. The summed E-state index contributed by atoms with van der Waals surface area (Å²) in [5.74, 6) is -0.390. The van der Waals surface area contributed by atoms with Crippen molar-refractivity contribution in [3.8, 4) is 51.7 Å². The standard InChI is InChI=1S/C38H41ClN4O9S.C29H25N3O8S2.C22H25NO5/c1-7-31(52-32-16-12-22(3)18-23(32)4)37(46)41-26-10-9-11-27(21-26)51-35(34(44)24-14-17-33(50-5)30(19-24)43-53(6,48)49)38(47)42-29-20-25(13-15-28(29)39)36(45)40-8-2;1-37-21-11-13-23(14-12-21)40-41(34)24-17-15-22(16-18-24)38-27(29-31-25-5-3-4-6-26(25)39-29)28(33)30-19-7-9-20(10-8-19)32-42(2,35)36;1-14-5-7-15(8-6-14)28-19(20(24)22(2)11-12-22)21(25)23-17-13-16(26-3)9-10-18(17)27-4/h9-21,31,35,43H,7-8H2,1-6H3,(H,40,45)(H,41,46)(H,42,47);3-18,27,32H,1-2H3,(H,30,33);5-10,13,19H,11-12H2,1-4H3,(H,23,25). The van der Waals surface area contributed by atoms with Crippen LogP contribution in [0.2, 0.25) is 5.02 Å². The van der Waals surface area contributed by atoms with Gasteiger partial charge in [-0.25, -0.2) is 26.0 Å². The molecule has 1 aliphatic rings. The number of para-hydroxylation sites is 2. The number of anilines is 6. The number of amides is 5. The maximum Gasteiger partial charge on any atom is 0.275 e. The molecular formula is C89H91ClN8O22S3. The lowest BCUT2D eigenvalue weighted by atomic mass is 9.98. The molecule has 5 amide bonds. The van der Waals surface area contributed by atoms with Crippen LogP contribution in [0.25, 0.3) is 11.1 Å². The van der Waals surface area contributed by atoms with Crippen LogP contribution in [0.4, 0.5) is 34.1 Å². The maximum absolute atomic E-state index is 14.1. The molecule has 123 heavy (non-hydrogen) atoms. The number of oxazole rings is 1. The van der Waals surface area contributed by atoms with Crippen LogP contribution >= 0.6 is 11.6 Å². The Morgan fingerprint density at radius 1 is 0.496 bits per heavy atom. The summed E-state index contributed by atoms with van der Waals surface area (Å²) in [6.45, 7) is 11.6. The van der Waals surface area contributed by atoms with Crippen molar-refractivity contribution in [2.75, 3.05) is 78.2 Å². The molecule has 0 spiro atoms. The molecule has 7 N–H and O–H groups in total. The lowest BCUT2D eigenvalue weighted by molar-refractivity contribution is -0.138. The van der Waals surface area contributed by atoms with Crippen molar-refractivity contribution in [1.82, 2.24) is 10.3 Å². The summed E-state index contributed by atoms with van der Waals surface area (Å²) >= 11 is 4.57. The molecule has 10 aromatic carbocycles. The Hall–Kier alpha value is -13.5. The van der Waals surface area contributed by atoms with E-state index >= 15 is 0 Å². The number of Topliss-reactive ketones (excluding diaryl/α,β-unsaturated/α-hetero) is 2. The molecule has 1 saturated carbocycles. The van der Waals surface area contributed by atoms with Crippen molar-refractivity contribution in [1.29, 1.82) is 0 Å². The third kappa shape index (κ3) is 26.0. The Morgan fingerprint density at radius 3 is 1.69 bits per heavy atom. The van der Waals surface area contributed by atoms with Crippen LogP contribution in [-0.4, -0.2) is 133 Å². The number of aromatic nitrogens is 1. The monoisotopic (exact) mass is 1750 g/mol. The van der Waals surface area contributed by atoms with E-state index in [4.69, 9.17) is 58.1 Å². The van der Waals surface area contributed by atoms with Crippen LogP contribution in [-0.2, 0) is 55.1 Å². The Bertz CT molecular complexity index is 5890. The predicted octanol–water partition coefficient (Wildman–Crippen LogP) is 15.0. The van der Waals surface area contributed by atoms with E-state index in [2.05, 4.69) is 41.0 Å². The van der Waals surface area contributed by atoms with Gasteiger partial charge in [-0.1, -0.05) is 79.0 Å². The number of hydrogen-bond acceptors (Lipinski definition) is 23. The zero-order valence-electron chi connectivity index (χ0n) is 69.0. The van der Waals surface area contributed by atoms with Crippen molar-refractivity contribution in [2.45, 2.75) is 90.1 Å². The minimum atomic E-state index is -3.79. The molecule has 1 aliphatic carbocycles. The van der Waals surface area contributed by atoms with E-state index in [0.717, 1.165) is 42.0 Å². The summed E-state index contributed by atoms with van der Waals surface area (Å²) in [5, 5.41) is 13.6. The Balaban J connectivity index is 0.000000202. The second-order valence-corrected chi connectivity index (χ2v) is 33.2. The highest BCUT2D eigenvalue weighted by atomic mass is 35.5. The lowest BCUT2D eigenvalue weighted by Crippen LogP contribution is -2.43. The third-order valence-corrected chi connectivity index (χ3v) is 21.0. The number of nitrogens with zero attached hydrogens (tertiary/aromatic N) is 1. The van der Waals surface area contributed by atoms with Gasteiger partial charge in [0.05, 0.1) is 67.9 Å². The minimum Gasteiger partial charge on any atom is -0.497 e. The average molecular weight is 1760 g/mol. The molecule has 644 valence electrons. The average Bonchev–Trinajstić information content (AvgIpc) is 1.64. The fraction of sp³-hybridized carbons (Fsp3) is 0.236. The molecule has 0 radical (unpaired) electrons. The van der Waals surface area contributed by atoms with Crippen LogP contribution < -0.4 is 78.1 Å². The largest absolute Gasteiger partial charge is 0.497 e. The molecule has 11 aromatic rings. The van der Waals surface area contributed by atoms with Crippen molar-refractivity contribution >= 4 is 129 Å². The van der Waals surface area contributed by atoms with Crippen LogP contribution in [0.1, 0.15) is 89.4 Å². The van der Waals surface area contributed by atoms with E-state index in [9.17, 15) is 54.6 Å². The second kappa shape index (κ2) is 41.7. The van der Waals surface area contributed by atoms with Crippen molar-refractivity contribution in [3.05, 3.63) is 257 Å². The van der Waals surface area contributed by atoms with E-state index in [-0.39, 0.29) is 56.4 Å². The third-order valence-electron chi connectivity index (χ3n) is 18.4. The molecule has 30 nitrogen and oxygen atoms in total. The topological polar surface area (TPSA) is 398 Å². The highest BCUT2D eigenvalue weighted by Crippen LogP contribution is 2.47. The normalized spacial score (nSPS) is 13.0. The first-order valence-electron chi connectivity index (χ1n) is 38.1. The summed E-state index contributed by atoms with van der Waals surface area (Å²) in [6, 6.07) is 58.3. The molecule has 0 aliphatic heterocycles. The summed E-state index contributed by atoms with van der Waals surface area (Å²) in [6.07, 6.45) is -1.37. The molecule has 5 unspecified atom stereocenters. The smallest absolute Gasteiger partial charge is 0.275 e. The molecule has 1 aromatic heterocycles. The molecule has 34 heteroatoms. The fourth-order valence-electron chi connectivity index (χ4n) is 11.8. The number of ether oxygens (including phenoxy) is 8. The van der Waals surface area contributed by atoms with Crippen LogP contribution in [0, 0.1) is 26.2 Å². The van der Waals surface area contributed by atoms with Gasteiger partial charge in [0.1, 0.15) is 57.3 Å². The molecule has 12 rings (SSSR count). The van der Waals surface area contributed by atoms with Gasteiger partial charge >= 0.3 is 0 Å². The molecule has 0 saturated heterocycles. The van der Waals surface area contributed by atoms with E-state index in [1.54, 1.807) is 141 Å². The number of carbonyl (C=O) groups excluding carboxylic acids is 7. The summed E-state index contributed by atoms with van der Waals surface area (Å²) in [7, 11) is -1.31.